The fourth-order valence-corrected chi connectivity index (χ4v) is 1.75. The van der Waals surface area contributed by atoms with Crippen molar-refractivity contribution in [2.24, 2.45) is 5.73 Å². The molecule has 1 atom stereocenters. The van der Waals surface area contributed by atoms with Gasteiger partial charge in [0.05, 0.1) is 13.2 Å². The van der Waals surface area contributed by atoms with Crippen LogP contribution in [0.15, 0.2) is 18.2 Å². The van der Waals surface area contributed by atoms with Crippen molar-refractivity contribution in [3.8, 4) is 5.75 Å². The van der Waals surface area contributed by atoms with Crippen LogP contribution < -0.4 is 21.1 Å². The molecule has 0 radical (unpaired) electrons. The molecule has 0 heterocycles. The quantitative estimate of drug-likeness (QED) is 0.665. The summed E-state index contributed by atoms with van der Waals surface area (Å²) in [5.74, 6) is -0.730. The van der Waals surface area contributed by atoms with Crippen LogP contribution in [0.3, 0.4) is 0 Å². The number of halogens is 1. The van der Waals surface area contributed by atoms with Gasteiger partial charge in [-0.3, -0.25) is 4.79 Å². The molecule has 116 valence electrons. The largest absolute Gasteiger partial charge is 0.494 e. The van der Waals surface area contributed by atoms with Crippen LogP contribution in [0.25, 0.3) is 0 Å². The van der Waals surface area contributed by atoms with Gasteiger partial charge in [-0.25, -0.2) is 9.18 Å². The van der Waals surface area contributed by atoms with E-state index in [0.717, 1.165) is 0 Å². The second kappa shape index (κ2) is 8.08. The van der Waals surface area contributed by atoms with Gasteiger partial charge in [-0.15, -0.1) is 0 Å². The molecule has 0 fully saturated rings. The van der Waals surface area contributed by atoms with Gasteiger partial charge in [-0.2, -0.15) is 0 Å². The number of rotatable bonds is 7. The first-order valence-corrected chi connectivity index (χ1v) is 6.60. The summed E-state index contributed by atoms with van der Waals surface area (Å²) in [5.41, 5.74) is 5.62. The molecule has 3 amide bonds. The Morgan fingerprint density at radius 1 is 1.43 bits per heavy atom. The van der Waals surface area contributed by atoms with Crippen LogP contribution in [0.5, 0.6) is 5.75 Å². The Bertz CT molecular complexity index is 508. The van der Waals surface area contributed by atoms with Crippen LogP contribution in [0.4, 0.5) is 9.18 Å². The first-order valence-electron chi connectivity index (χ1n) is 6.60. The van der Waals surface area contributed by atoms with E-state index in [1.54, 1.807) is 13.0 Å². The molecular formula is C14H20FN3O3. The summed E-state index contributed by atoms with van der Waals surface area (Å²) in [6.07, 6.45) is 0.702. The van der Waals surface area contributed by atoms with Crippen molar-refractivity contribution in [2.75, 3.05) is 13.7 Å². The molecule has 0 aliphatic heterocycles. The van der Waals surface area contributed by atoms with Crippen molar-refractivity contribution in [1.29, 1.82) is 0 Å². The number of hydrogen-bond donors (Lipinski definition) is 3. The fourth-order valence-electron chi connectivity index (χ4n) is 1.75. The third-order valence-corrected chi connectivity index (χ3v) is 2.91. The summed E-state index contributed by atoms with van der Waals surface area (Å²) < 4.78 is 18.4. The molecule has 0 spiro atoms. The average Bonchev–Trinajstić information content (AvgIpc) is 2.43. The highest BCUT2D eigenvalue weighted by atomic mass is 19.1. The van der Waals surface area contributed by atoms with E-state index in [0.29, 0.717) is 18.5 Å². The second-order valence-corrected chi connectivity index (χ2v) is 4.59. The molecule has 0 aliphatic carbocycles. The van der Waals surface area contributed by atoms with E-state index in [-0.39, 0.29) is 24.2 Å². The molecule has 21 heavy (non-hydrogen) atoms. The molecule has 0 aromatic heterocycles. The van der Waals surface area contributed by atoms with Gasteiger partial charge in [0.25, 0.3) is 0 Å². The van der Waals surface area contributed by atoms with Crippen molar-refractivity contribution >= 4 is 11.9 Å². The Morgan fingerprint density at radius 3 is 2.71 bits per heavy atom. The molecule has 1 rings (SSSR count). The molecule has 4 N–H and O–H groups in total. The van der Waals surface area contributed by atoms with Crippen molar-refractivity contribution in [3.63, 3.8) is 0 Å². The Balaban J connectivity index is 2.45. The number of nitrogens with one attached hydrogen (secondary N) is 2. The van der Waals surface area contributed by atoms with Crippen LogP contribution in [0, 0.1) is 5.82 Å². The molecular weight excluding hydrogens is 277 g/mol. The molecule has 7 heteroatoms. The van der Waals surface area contributed by atoms with Crippen molar-refractivity contribution in [3.05, 3.63) is 29.6 Å². The van der Waals surface area contributed by atoms with Crippen molar-refractivity contribution in [2.45, 2.75) is 25.8 Å². The van der Waals surface area contributed by atoms with Gasteiger partial charge >= 0.3 is 6.03 Å². The molecule has 0 saturated heterocycles. The maximum Gasteiger partial charge on any atom is 0.315 e. The molecule has 1 aromatic rings. The number of nitrogens with two attached hydrogens (primary N) is 1. The van der Waals surface area contributed by atoms with Gasteiger partial charge in [0.2, 0.25) is 5.91 Å². The minimum atomic E-state index is -0.481. The summed E-state index contributed by atoms with van der Waals surface area (Å²) in [5, 5.41) is 5.27. The van der Waals surface area contributed by atoms with E-state index in [1.165, 1.54) is 19.2 Å². The van der Waals surface area contributed by atoms with E-state index >= 15 is 0 Å². The van der Waals surface area contributed by atoms with Crippen LogP contribution in [0.1, 0.15) is 31.4 Å². The highest BCUT2D eigenvalue weighted by molar-refractivity contribution is 5.75. The number of carbonyl (C=O) groups is 2. The SMILES string of the molecule is COc1ccc([C@@H](C)NC(=O)NCCCC(N)=O)cc1F. The second-order valence-electron chi connectivity index (χ2n) is 4.59. The monoisotopic (exact) mass is 297 g/mol. The normalized spacial score (nSPS) is 11.6. The number of ether oxygens (including phenoxy) is 1. The minimum absolute atomic E-state index is 0.154. The number of amides is 3. The van der Waals surface area contributed by atoms with Gasteiger partial charge in [0.15, 0.2) is 11.6 Å². The molecule has 0 saturated carbocycles. The molecule has 0 unspecified atom stereocenters. The molecule has 0 aliphatic rings. The zero-order valence-corrected chi connectivity index (χ0v) is 12.1. The van der Waals surface area contributed by atoms with Crippen LogP contribution in [-0.2, 0) is 4.79 Å². The lowest BCUT2D eigenvalue weighted by molar-refractivity contribution is -0.118. The topological polar surface area (TPSA) is 93.4 Å². The smallest absolute Gasteiger partial charge is 0.315 e. The summed E-state index contributed by atoms with van der Waals surface area (Å²) in [6, 6.07) is 3.76. The van der Waals surface area contributed by atoms with Crippen LogP contribution in [0.2, 0.25) is 0 Å². The van der Waals surface area contributed by atoms with Crippen LogP contribution >= 0.6 is 0 Å². The van der Waals surface area contributed by atoms with E-state index < -0.39 is 11.7 Å². The lowest BCUT2D eigenvalue weighted by Crippen LogP contribution is -2.37. The first kappa shape index (κ1) is 16.7. The highest BCUT2D eigenvalue weighted by Crippen LogP contribution is 2.21. The van der Waals surface area contributed by atoms with Crippen molar-refractivity contribution in [1.82, 2.24) is 10.6 Å². The van der Waals surface area contributed by atoms with Gasteiger partial charge in [-0.05, 0) is 31.0 Å². The molecule has 1 aromatic carbocycles. The van der Waals surface area contributed by atoms with Gasteiger partial charge in [0.1, 0.15) is 0 Å². The number of urea groups is 1. The standard InChI is InChI=1S/C14H20FN3O3/c1-9(10-5-6-12(21-2)11(15)8-10)18-14(20)17-7-3-4-13(16)19/h5-6,8-9H,3-4,7H2,1-2H3,(H2,16,19)(H2,17,18,20)/t9-/m1/s1. The summed E-state index contributed by atoms with van der Waals surface area (Å²) in [7, 11) is 1.39. The zero-order valence-electron chi connectivity index (χ0n) is 12.1. The van der Waals surface area contributed by atoms with Gasteiger partial charge in [0, 0.05) is 13.0 Å². The Kier molecular flexibility index (Phi) is 6.45. The zero-order chi connectivity index (χ0) is 15.8. The third kappa shape index (κ3) is 5.68. The van der Waals surface area contributed by atoms with Crippen molar-refractivity contribution < 1.29 is 18.7 Å². The predicted molar refractivity (Wildman–Crippen MR) is 76.3 cm³/mol. The lowest BCUT2D eigenvalue weighted by atomic mass is 10.1. The first-order chi connectivity index (χ1) is 9.93. The minimum Gasteiger partial charge on any atom is -0.494 e. The van der Waals surface area contributed by atoms with Gasteiger partial charge in [-0.1, -0.05) is 6.07 Å². The fraction of sp³-hybridized carbons (Fsp3) is 0.429. The summed E-state index contributed by atoms with van der Waals surface area (Å²) in [4.78, 5) is 22.2. The number of carbonyl (C=O) groups excluding carboxylic acids is 2. The summed E-state index contributed by atoms with van der Waals surface area (Å²) in [6.45, 7) is 2.09. The highest BCUT2D eigenvalue weighted by Gasteiger charge is 2.12. The van der Waals surface area contributed by atoms with E-state index in [4.69, 9.17) is 10.5 Å². The Labute approximate surface area is 122 Å². The Hall–Kier alpha value is -2.31. The van der Waals surface area contributed by atoms with E-state index in [1.807, 2.05) is 0 Å². The maximum atomic E-state index is 13.6. The van der Waals surface area contributed by atoms with Gasteiger partial charge < -0.3 is 21.1 Å². The number of methoxy groups -OCH3 is 1. The average molecular weight is 297 g/mol. The molecule has 6 nitrogen and oxygen atoms in total. The number of primary amides is 1. The predicted octanol–water partition coefficient (Wildman–Crippen LogP) is 1.46. The lowest BCUT2D eigenvalue weighted by Gasteiger charge is -2.15. The Morgan fingerprint density at radius 2 is 2.14 bits per heavy atom. The van der Waals surface area contributed by atoms with Crippen LogP contribution in [-0.4, -0.2) is 25.6 Å². The number of benzene rings is 1. The summed E-state index contributed by atoms with van der Waals surface area (Å²) >= 11 is 0. The van der Waals surface area contributed by atoms with E-state index in [9.17, 15) is 14.0 Å². The molecule has 0 bridgehead atoms. The maximum absolute atomic E-state index is 13.6. The van der Waals surface area contributed by atoms with E-state index in [2.05, 4.69) is 10.6 Å². The number of hydrogen-bond acceptors (Lipinski definition) is 3. The third-order valence-electron chi connectivity index (χ3n) is 2.91.